The van der Waals surface area contributed by atoms with E-state index in [1.54, 1.807) is 11.3 Å². The summed E-state index contributed by atoms with van der Waals surface area (Å²) in [6.07, 6.45) is 0.443. The molecule has 1 aromatic carbocycles. The Hall–Kier alpha value is -0.500. The first-order valence-electron chi connectivity index (χ1n) is 3.98. The lowest BCUT2D eigenvalue weighted by atomic mass is 10.1. The molecule has 1 aromatic heterocycles. The zero-order valence-corrected chi connectivity index (χ0v) is 10.4. The second-order valence-corrected chi connectivity index (χ2v) is 5.15. The monoisotopic (exact) mass is 283 g/mol. The lowest BCUT2D eigenvalue weighted by Gasteiger charge is -2.00. The molecular formula is C10H6BrNS2. The van der Waals surface area contributed by atoms with Crippen molar-refractivity contribution >= 4 is 50.0 Å². The zero-order valence-electron chi connectivity index (χ0n) is 7.12. The van der Waals surface area contributed by atoms with Gasteiger partial charge in [0.25, 0.3) is 0 Å². The lowest BCUT2D eigenvalue weighted by Crippen LogP contribution is -1.81. The second kappa shape index (κ2) is 3.93. The Morgan fingerprint density at radius 2 is 2.29 bits per heavy atom. The van der Waals surface area contributed by atoms with E-state index in [2.05, 4.69) is 34.6 Å². The normalized spacial score (nSPS) is 10.4. The fourth-order valence-corrected chi connectivity index (χ4v) is 3.74. The van der Waals surface area contributed by atoms with Gasteiger partial charge >= 0.3 is 0 Å². The molecule has 0 N–H and O–H groups in total. The van der Waals surface area contributed by atoms with Crippen molar-refractivity contribution in [2.24, 2.45) is 0 Å². The molecule has 1 nitrogen and oxygen atoms in total. The van der Waals surface area contributed by atoms with Crippen LogP contribution in [0.4, 0.5) is 0 Å². The van der Waals surface area contributed by atoms with Gasteiger partial charge < -0.3 is 0 Å². The maximum Gasteiger partial charge on any atom is 0.0669 e. The smallest absolute Gasteiger partial charge is 0.0669 e. The SMILES string of the molecule is N#CCc1cc(S)c2c(Br)csc2c1. The number of thiophene rings is 1. The molecule has 2 aromatic rings. The molecule has 0 bridgehead atoms. The predicted octanol–water partition coefficient (Wildman–Crippen LogP) is 4.02. The first-order chi connectivity index (χ1) is 6.72. The van der Waals surface area contributed by atoms with E-state index >= 15 is 0 Å². The summed E-state index contributed by atoms with van der Waals surface area (Å²) >= 11 is 9.56. The summed E-state index contributed by atoms with van der Waals surface area (Å²) in [4.78, 5) is 0.931. The lowest BCUT2D eigenvalue weighted by molar-refractivity contribution is 1.25. The highest BCUT2D eigenvalue weighted by Gasteiger charge is 2.06. The zero-order chi connectivity index (χ0) is 10.1. The molecule has 0 aliphatic rings. The van der Waals surface area contributed by atoms with Crippen LogP contribution in [0.25, 0.3) is 10.1 Å². The Labute approximate surface area is 99.9 Å². The molecule has 0 aliphatic heterocycles. The van der Waals surface area contributed by atoms with Gasteiger partial charge in [-0.25, -0.2) is 0 Å². The molecule has 14 heavy (non-hydrogen) atoms. The van der Waals surface area contributed by atoms with Gasteiger partial charge in [0.2, 0.25) is 0 Å². The summed E-state index contributed by atoms with van der Waals surface area (Å²) in [5.74, 6) is 0. The highest BCUT2D eigenvalue weighted by Crippen LogP contribution is 2.35. The highest BCUT2D eigenvalue weighted by molar-refractivity contribution is 9.10. The number of thiol groups is 1. The van der Waals surface area contributed by atoms with Crippen LogP contribution in [0.2, 0.25) is 0 Å². The van der Waals surface area contributed by atoms with Crippen molar-refractivity contribution in [3.05, 3.63) is 27.5 Å². The van der Waals surface area contributed by atoms with Gasteiger partial charge in [0.05, 0.1) is 12.5 Å². The summed E-state index contributed by atoms with van der Waals surface area (Å²) in [5.41, 5.74) is 1.03. The first-order valence-corrected chi connectivity index (χ1v) is 6.10. The van der Waals surface area contributed by atoms with E-state index in [1.165, 1.54) is 4.70 Å². The van der Waals surface area contributed by atoms with E-state index in [4.69, 9.17) is 5.26 Å². The summed E-state index contributed by atoms with van der Waals surface area (Å²) < 4.78 is 2.25. The van der Waals surface area contributed by atoms with Gasteiger partial charge in [-0.3, -0.25) is 0 Å². The van der Waals surface area contributed by atoms with E-state index in [-0.39, 0.29) is 0 Å². The molecule has 4 heteroatoms. The minimum absolute atomic E-state index is 0.443. The molecule has 0 amide bonds. The number of nitriles is 1. The van der Waals surface area contributed by atoms with Crippen LogP contribution in [0.3, 0.4) is 0 Å². The molecule has 2 rings (SSSR count). The Morgan fingerprint density at radius 3 is 3.00 bits per heavy atom. The van der Waals surface area contributed by atoms with E-state index < -0.39 is 0 Å². The van der Waals surface area contributed by atoms with Gasteiger partial charge in [-0.15, -0.1) is 24.0 Å². The molecule has 70 valence electrons. The highest BCUT2D eigenvalue weighted by atomic mass is 79.9. The van der Waals surface area contributed by atoms with Crippen LogP contribution in [0.5, 0.6) is 0 Å². The molecule has 0 saturated carbocycles. The number of hydrogen-bond donors (Lipinski definition) is 1. The number of nitrogens with zero attached hydrogens (tertiary/aromatic N) is 1. The predicted molar refractivity (Wildman–Crippen MR) is 66.1 cm³/mol. The molecule has 0 radical (unpaired) electrons. The number of fused-ring (bicyclic) bond motifs is 1. The topological polar surface area (TPSA) is 23.8 Å². The van der Waals surface area contributed by atoms with Gasteiger partial charge in [0.1, 0.15) is 0 Å². The first kappa shape index (κ1) is 10.0. The van der Waals surface area contributed by atoms with Crippen molar-refractivity contribution in [2.75, 3.05) is 0 Å². The average Bonchev–Trinajstić information content (AvgIpc) is 2.48. The van der Waals surface area contributed by atoms with Crippen molar-refractivity contribution in [3.8, 4) is 6.07 Å². The Balaban J connectivity index is 2.69. The fourth-order valence-electron chi connectivity index (χ4n) is 1.36. The Morgan fingerprint density at radius 1 is 1.50 bits per heavy atom. The second-order valence-electron chi connectivity index (χ2n) is 2.91. The number of halogens is 1. The van der Waals surface area contributed by atoms with E-state index in [9.17, 15) is 0 Å². The third-order valence-corrected chi connectivity index (χ3v) is 4.16. The van der Waals surface area contributed by atoms with Crippen molar-refractivity contribution in [2.45, 2.75) is 11.3 Å². The van der Waals surface area contributed by atoms with Crippen molar-refractivity contribution in [1.29, 1.82) is 5.26 Å². The van der Waals surface area contributed by atoms with Crippen LogP contribution in [0, 0.1) is 11.3 Å². The molecule has 0 atom stereocenters. The van der Waals surface area contributed by atoms with Crippen LogP contribution in [0.15, 0.2) is 26.9 Å². The van der Waals surface area contributed by atoms with E-state index in [0.29, 0.717) is 6.42 Å². The summed E-state index contributed by atoms with van der Waals surface area (Å²) in [6, 6.07) is 6.14. The Bertz CT molecular complexity index is 525. The minimum atomic E-state index is 0.443. The van der Waals surface area contributed by atoms with Crippen molar-refractivity contribution < 1.29 is 0 Å². The number of benzene rings is 1. The van der Waals surface area contributed by atoms with Crippen LogP contribution in [-0.4, -0.2) is 0 Å². The van der Waals surface area contributed by atoms with Gasteiger partial charge in [-0.2, -0.15) is 5.26 Å². The van der Waals surface area contributed by atoms with Crippen molar-refractivity contribution in [1.82, 2.24) is 0 Å². The molecular weight excluding hydrogens is 278 g/mol. The van der Waals surface area contributed by atoms with Crippen LogP contribution >= 0.6 is 39.9 Å². The van der Waals surface area contributed by atoms with E-state index in [1.807, 2.05) is 17.5 Å². The quantitative estimate of drug-likeness (QED) is 0.786. The largest absolute Gasteiger partial charge is 0.198 e. The number of hydrogen-bond acceptors (Lipinski definition) is 3. The van der Waals surface area contributed by atoms with Crippen molar-refractivity contribution in [3.63, 3.8) is 0 Å². The third-order valence-electron chi connectivity index (χ3n) is 1.95. The molecule has 0 unspecified atom stereocenters. The van der Waals surface area contributed by atoms with E-state index in [0.717, 1.165) is 20.3 Å². The fraction of sp³-hybridized carbons (Fsp3) is 0.100. The summed E-state index contributed by atoms with van der Waals surface area (Å²) in [5, 5.41) is 11.8. The van der Waals surface area contributed by atoms with Crippen LogP contribution in [0.1, 0.15) is 5.56 Å². The number of rotatable bonds is 1. The van der Waals surface area contributed by atoms with Gasteiger partial charge in [-0.1, -0.05) is 0 Å². The summed E-state index contributed by atoms with van der Waals surface area (Å²) in [6.45, 7) is 0. The standard InChI is InChI=1S/C10H6BrNS2/c11-7-5-14-9-4-6(1-2-12)3-8(13)10(7)9/h3-5,13H,1H2. The molecule has 0 aliphatic carbocycles. The minimum Gasteiger partial charge on any atom is -0.198 e. The van der Waals surface area contributed by atoms with Crippen LogP contribution in [-0.2, 0) is 6.42 Å². The molecule has 0 fully saturated rings. The molecule has 0 spiro atoms. The van der Waals surface area contributed by atoms with Gasteiger partial charge in [0, 0.05) is 24.8 Å². The summed E-state index contributed by atoms with van der Waals surface area (Å²) in [7, 11) is 0. The maximum atomic E-state index is 8.61. The van der Waals surface area contributed by atoms with Gasteiger partial charge in [0.15, 0.2) is 0 Å². The molecule has 1 heterocycles. The maximum absolute atomic E-state index is 8.61. The molecule has 0 saturated heterocycles. The van der Waals surface area contributed by atoms with Crippen LogP contribution < -0.4 is 0 Å². The average molecular weight is 284 g/mol. The Kier molecular flexibility index (Phi) is 2.82. The van der Waals surface area contributed by atoms with Gasteiger partial charge in [-0.05, 0) is 33.6 Å². The third kappa shape index (κ3) is 1.68.